The van der Waals surface area contributed by atoms with Gasteiger partial charge < -0.3 is 73.4 Å². The minimum Gasteiger partial charge on any atom is -0.370 e. The van der Waals surface area contributed by atoms with Gasteiger partial charge in [0.25, 0.3) is 0 Å². The van der Waals surface area contributed by atoms with Gasteiger partial charge in [-0.3, -0.25) is 19.2 Å². The van der Waals surface area contributed by atoms with Crippen molar-refractivity contribution in [1.29, 1.82) is 0 Å². The van der Waals surface area contributed by atoms with Gasteiger partial charge in [-0.15, -0.1) is 0 Å². The molecule has 19 nitrogen and oxygen atoms in total. The Hall–Kier alpha value is -4.12. The number of carbonyl (C=O) groups is 4. The molecule has 5 aliphatic rings. The summed E-state index contributed by atoms with van der Waals surface area (Å²) in [5.74, 6) is -1.01. The molecule has 0 saturated carbocycles. The van der Waals surface area contributed by atoms with E-state index >= 15 is 0 Å². The van der Waals surface area contributed by atoms with Gasteiger partial charge in [-0.05, 0) is 62.0 Å². The van der Waals surface area contributed by atoms with E-state index in [1.54, 1.807) is 0 Å². The normalized spacial score (nSPS) is 39.6. The monoisotopic (exact) mass is 1150 g/mol. The third-order valence-corrected chi connectivity index (χ3v) is 17.9. The van der Waals surface area contributed by atoms with Crippen LogP contribution in [0.4, 0.5) is 0 Å². The van der Waals surface area contributed by atoms with Crippen LogP contribution < -0.4 is 21.3 Å². The van der Waals surface area contributed by atoms with Gasteiger partial charge in [0.2, 0.25) is 23.6 Å². The van der Waals surface area contributed by atoms with Crippen molar-refractivity contribution in [2.24, 2.45) is 29.6 Å². The van der Waals surface area contributed by atoms with Crippen LogP contribution in [0.15, 0.2) is 60.7 Å². The minimum absolute atomic E-state index is 0.0577. The first-order valence-corrected chi connectivity index (χ1v) is 30.5. The molecule has 5 aliphatic heterocycles. The van der Waals surface area contributed by atoms with Crippen molar-refractivity contribution in [2.45, 2.75) is 272 Å². The summed E-state index contributed by atoms with van der Waals surface area (Å²) in [5, 5.41) is 12.5. The molecule has 5 fully saturated rings. The van der Waals surface area contributed by atoms with Crippen molar-refractivity contribution >= 4 is 23.6 Å². The molecule has 82 heavy (non-hydrogen) atoms. The molecule has 5 heterocycles. The fourth-order valence-corrected chi connectivity index (χ4v) is 13.0. The highest BCUT2D eigenvalue weighted by atomic mass is 16.8. The van der Waals surface area contributed by atoms with E-state index in [1.807, 2.05) is 95.3 Å². The molecule has 19 heteroatoms. The van der Waals surface area contributed by atoms with Gasteiger partial charge in [0.05, 0.1) is 80.2 Å². The Balaban J connectivity index is 1.19. The summed E-state index contributed by atoms with van der Waals surface area (Å²) in [5.41, 5.74) is 1.81. The van der Waals surface area contributed by atoms with Crippen molar-refractivity contribution in [1.82, 2.24) is 21.3 Å². The summed E-state index contributed by atoms with van der Waals surface area (Å²) in [6, 6.07) is 16.5. The number of carbonyl (C=O) groups excluding carboxylic acids is 4. The van der Waals surface area contributed by atoms with E-state index in [2.05, 4.69) is 62.8 Å². The van der Waals surface area contributed by atoms with Gasteiger partial charge in [0.1, 0.15) is 30.5 Å². The second kappa shape index (κ2) is 30.3. The van der Waals surface area contributed by atoms with Crippen molar-refractivity contribution in [3.63, 3.8) is 0 Å². The molecule has 7 rings (SSSR count). The lowest BCUT2D eigenvalue weighted by Gasteiger charge is -2.53. The Morgan fingerprint density at radius 2 is 0.695 bits per heavy atom. The number of rotatable bonds is 23. The Labute approximate surface area is 487 Å². The van der Waals surface area contributed by atoms with Crippen LogP contribution >= 0.6 is 0 Å². The Kier molecular flexibility index (Phi) is 24.2. The third kappa shape index (κ3) is 15.8. The minimum atomic E-state index is -1.14. The number of nitrogens with one attached hydrogen (secondary N) is 4. The van der Waals surface area contributed by atoms with Crippen LogP contribution in [0.2, 0.25) is 0 Å². The second-order valence-electron chi connectivity index (χ2n) is 23.7. The lowest BCUT2D eigenvalue weighted by Crippen LogP contribution is -2.70. The molecular formula is C63H98N4O15. The summed E-state index contributed by atoms with van der Waals surface area (Å²) >= 11 is 0. The van der Waals surface area contributed by atoms with Crippen molar-refractivity contribution in [3.8, 4) is 0 Å². The summed E-state index contributed by atoms with van der Waals surface area (Å²) < 4.78 is 76.5. The highest BCUT2D eigenvalue weighted by molar-refractivity contribution is 5.74. The molecule has 4 N–H and O–H groups in total. The zero-order valence-electron chi connectivity index (χ0n) is 51.3. The van der Waals surface area contributed by atoms with Crippen LogP contribution in [0, 0.1) is 29.6 Å². The summed E-state index contributed by atoms with van der Waals surface area (Å²) in [4.78, 5) is 52.8. The molecule has 0 aliphatic carbocycles. The first kappa shape index (κ1) is 65.4. The van der Waals surface area contributed by atoms with Crippen LogP contribution in [0.25, 0.3) is 0 Å². The van der Waals surface area contributed by atoms with E-state index in [0.717, 1.165) is 17.5 Å². The zero-order valence-corrected chi connectivity index (χ0v) is 51.3. The maximum atomic E-state index is 13.5. The fraction of sp³-hybridized carbons (Fsp3) is 0.746. The Morgan fingerprint density at radius 3 is 1.11 bits per heavy atom. The quantitative estimate of drug-likeness (QED) is 0.0841. The van der Waals surface area contributed by atoms with Gasteiger partial charge in [-0.1, -0.05) is 130 Å². The summed E-state index contributed by atoms with van der Waals surface area (Å²) in [7, 11) is 0. The van der Waals surface area contributed by atoms with Crippen molar-refractivity contribution in [3.05, 3.63) is 71.8 Å². The average molecular weight is 1150 g/mol. The summed E-state index contributed by atoms with van der Waals surface area (Å²) in [6.45, 7) is 29.0. The highest BCUT2D eigenvalue weighted by Gasteiger charge is 2.56. The maximum absolute atomic E-state index is 13.5. The molecule has 2 aromatic carbocycles. The first-order valence-electron chi connectivity index (χ1n) is 30.5. The van der Waals surface area contributed by atoms with E-state index in [-0.39, 0.29) is 54.8 Å². The van der Waals surface area contributed by atoms with Crippen LogP contribution in [-0.2, 0) is 84.5 Å². The molecule has 0 spiro atoms. The van der Waals surface area contributed by atoms with Gasteiger partial charge in [-0.2, -0.15) is 0 Å². The number of benzene rings is 2. The third-order valence-electron chi connectivity index (χ3n) is 17.9. The molecule has 0 radical (unpaired) electrons. The van der Waals surface area contributed by atoms with Crippen LogP contribution in [0.3, 0.4) is 0 Å². The average Bonchev–Trinajstić information content (AvgIpc) is 2.96. The Morgan fingerprint density at radius 1 is 0.366 bits per heavy atom. The standard InChI is InChI=1S/C63H98N4O15/c1-16-45-34(7)33(6)35(8)60(75-45)79-54-36(9)50(64-39(12)68)61(76-46(54)17-2)80-55-37(10)51(65-40(13)69)62(77-47(55)18-3)81-57-49(20-5)78-63(53(67-42(15)71)59(57)73-32-44-29-25-22-26-30-44)82-56-48(19-4)74-38(11)52(66-41(14)70)58(56)72-31-43-27-23-21-24-28-43/h21-30,33-38,45-63H,16-20,31-32H2,1-15H3,(H,64,68)(H,65,69)(H,66,70)(H,67,71)/t33-,34-,35?,36?,37+,38-,45?,46?,47?,48?,49?,50?,51?,52?,53?,54-,55-,56+,57+,58-,59?,60-,61-,62-,63-/m0/s1. The zero-order chi connectivity index (χ0) is 59.5. The molecule has 460 valence electrons. The largest absolute Gasteiger partial charge is 0.370 e. The van der Waals surface area contributed by atoms with E-state index in [1.165, 1.54) is 27.7 Å². The number of hydrogen-bond donors (Lipinski definition) is 4. The predicted molar refractivity (Wildman–Crippen MR) is 306 cm³/mol. The predicted octanol–water partition coefficient (Wildman–Crippen LogP) is 7.63. The van der Waals surface area contributed by atoms with E-state index < -0.39 is 122 Å². The van der Waals surface area contributed by atoms with E-state index in [9.17, 15) is 19.2 Å². The smallest absolute Gasteiger partial charge is 0.217 e. The van der Waals surface area contributed by atoms with Gasteiger partial charge >= 0.3 is 0 Å². The Bertz CT molecular complexity index is 2320. The number of amides is 4. The molecule has 2 aromatic rings. The van der Waals surface area contributed by atoms with Crippen molar-refractivity contribution in [2.75, 3.05) is 0 Å². The lowest BCUT2D eigenvalue weighted by molar-refractivity contribution is -0.358. The molecule has 0 bridgehead atoms. The van der Waals surface area contributed by atoms with Gasteiger partial charge in [0, 0.05) is 45.4 Å². The molecule has 12 unspecified atom stereocenters. The van der Waals surface area contributed by atoms with Crippen LogP contribution in [0.1, 0.15) is 147 Å². The van der Waals surface area contributed by atoms with Crippen LogP contribution in [-0.4, -0.2) is 146 Å². The fourth-order valence-electron chi connectivity index (χ4n) is 13.0. The number of hydrogen-bond acceptors (Lipinski definition) is 15. The van der Waals surface area contributed by atoms with Gasteiger partial charge in [0.15, 0.2) is 25.2 Å². The molecule has 25 atom stereocenters. The van der Waals surface area contributed by atoms with Crippen molar-refractivity contribution < 1.29 is 71.3 Å². The van der Waals surface area contributed by atoms with E-state index in [0.29, 0.717) is 37.5 Å². The highest BCUT2D eigenvalue weighted by Crippen LogP contribution is 2.43. The second-order valence-corrected chi connectivity index (χ2v) is 23.7. The molecular weight excluding hydrogens is 1050 g/mol. The molecule has 4 amide bonds. The van der Waals surface area contributed by atoms with E-state index in [4.69, 9.17) is 52.1 Å². The lowest BCUT2D eigenvalue weighted by atomic mass is 9.78. The first-order chi connectivity index (χ1) is 39.2. The number of ether oxygens (including phenoxy) is 11. The maximum Gasteiger partial charge on any atom is 0.217 e. The van der Waals surface area contributed by atoms with Gasteiger partial charge in [-0.25, -0.2) is 0 Å². The SMILES string of the molecule is CCC1O[C@@H](O[C@@H]2C(CC)O[C@@H](O[C@@H]3C(CC)O[C@@H](O[C@@H]4C(CC)O[C@@H](C)C(NC(C)=O)[C@@H]4OCc4ccccc4)C(NC(C)=O)C3OCc3ccccc3)C(NC(C)=O)[C@H]2C)C(NC(C)=O)C(C)[C@@H]1O[C@@H]1OC(CC)[C@@H](C)[C@H](C)C1C. The van der Waals surface area contributed by atoms with Crippen LogP contribution in [0.5, 0.6) is 0 Å². The summed E-state index contributed by atoms with van der Waals surface area (Å²) in [6.07, 6.45) is -7.74. The molecule has 0 aromatic heterocycles. The topological polar surface area (TPSA) is 218 Å². The molecule has 5 saturated heterocycles.